The number of likely N-dealkylation sites (tertiary alicyclic amines) is 1. The van der Waals surface area contributed by atoms with Crippen LogP contribution in [-0.4, -0.2) is 55.5 Å². The highest BCUT2D eigenvalue weighted by atomic mass is 35.5. The van der Waals surface area contributed by atoms with Crippen molar-refractivity contribution in [3.05, 3.63) is 23.2 Å². The minimum atomic E-state index is -0.0777. The first-order valence-electron chi connectivity index (χ1n) is 10.8. The zero-order chi connectivity index (χ0) is 20.6. The van der Waals surface area contributed by atoms with Crippen LogP contribution in [0, 0.1) is 0 Å². The fourth-order valence-corrected chi connectivity index (χ4v) is 4.39. The van der Waals surface area contributed by atoms with Crippen LogP contribution in [0.3, 0.4) is 0 Å². The van der Waals surface area contributed by atoms with E-state index in [2.05, 4.69) is 17.1 Å². The molecule has 2 aliphatic heterocycles. The summed E-state index contributed by atoms with van der Waals surface area (Å²) in [5.74, 6) is 0.510. The van der Waals surface area contributed by atoms with Crippen molar-refractivity contribution >= 4 is 29.1 Å². The van der Waals surface area contributed by atoms with Crippen LogP contribution in [0.25, 0.3) is 0 Å². The highest BCUT2D eigenvalue weighted by Gasteiger charge is 2.24. The Morgan fingerprint density at radius 1 is 1.24 bits per heavy atom. The van der Waals surface area contributed by atoms with Crippen LogP contribution < -0.4 is 15.0 Å². The van der Waals surface area contributed by atoms with Gasteiger partial charge < -0.3 is 19.9 Å². The molecule has 1 saturated heterocycles. The number of nitrogens with zero attached hydrogens (tertiary/aromatic N) is 2. The zero-order valence-corrected chi connectivity index (χ0v) is 18.0. The Labute approximate surface area is 178 Å². The Bertz CT molecular complexity index is 713. The van der Waals surface area contributed by atoms with E-state index in [9.17, 15) is 9.59 Å². The van der Waals surface area contributed by atoms with Gasteiger partial charge in [-0.3, -0.25) is 9.59 Å². The molecule has 0 bridgehead atoms. The SMILES string of the molecule is CCC1CCCCN1CCCNC(=O)CCC(=O)N1CCOc2ccc(Cl)cc21. The maximum atomic E-state index is 12.6. The number of nitrogens with one attached hydrogen (secondary N) is 1. The smallest absolute Gasteiger partial charge is 0.227 e. The van der Waals surface area contributed by atoms with Crippen molar-refractivity contribution in [2.45, 2.75) is 57.9 Å². The van der Waals surface area contributed by atoms with Crippen molar-refractivity contribution in [3.8, 4) is 5.75 Å². The summed E-state index contributed by atoms with van der Waals surface area (Å²) in [4.78, 5) is 29.0. The number of carbonyl (C=O) groups excluding carboxylic acids is 2. The fourth-order valence-electron chi connectivity index (χ4n) is 4.22. The van der Waals surface area contributed by atoms with Gasteiger partial charge in [0.15, 0.2) is 0 Å². The lowest BCUT2D eigenvalue weighted by Gasteiger charge is -2.35. The van der Waals surface area contributed by atoms with E-state index in [-0.39, 0.29) is 24.7 Å². The lowest BCUT2D eigenvalue weighted by Crippen LogP contribution is -2.40. The van der Waals surface area contributed by atoms with E-state index in [1.165, 1.54) is 32.2 Å². The zero-order valence-electron chi connectivity index (χ0n) is 17.3. The van der Waals surface area contributed by atoms with Gasteiger partial charge in [0.05, 0.1) is 12.2 Å². The summed E-state index contributed by atoms with van der Waals surface area (Å²) in [5.41, 5.74) is 0.682. The van der Waals surface area contributed by atoms with Gasteiger partial charge in [0.25, 0.3) is 0 Å². The molecule has 2 amide bonds. The summed E-state index contributed by atoms with van der Waals surface area (Å²) >= 11 is 6.06. The van der Waals surface area contributed by atoms with E-state index >= 15 is 0 Å². The molecule has 0 aliphatic carbocycles. The third-order valence-electron chi connectivity index (χ3n) is 5.82. The van der Waals surface area contributed by atoms with Crippen molar-refractivity contribution in [2.75, 3.05) is 37.7 Å². The van der Waals surface area contributed by atoms with Crippen LogP contribution in [0.15, 0.2) is 18.2 Å². The summed E-state index contributed by atoms with van der Waals surface area (Å²) < 4.78 is 5.58. The maximum absolute atomic E-state index is 12.6. The van der Waals surface area contributed by atoms with Gasteiger partial charge in [-0.15, -0.1) is 0 Å². The van der Waals surface area contributed by atoms with Crippen molar-refractivity contribution in [2.24, 2.45) is 0 Å². The molecule has 160 valence electrons. The number of anilines is 1. The summed E-state index contributed by atoms with van der Waals surface area (Å²) in [7, 11) is 0. The summed E-state index contributed by atoms with van der Waals surface area (Å²) in [6.07, 6.45) is 6.44. The topological polar surface area (TPSA) is 61.9 Å². The molecule has 2 aliphatic rings. The number of benzene rings is 1. The van der Waals surface area contributed by atoms with E-state index < -0.39 is 0 Å². The van der Waals surface area contributed by atoms with E-state index in [0.29, 0.717) is 42.2 Å². The molecule has 1 unspecified atom stereocenters. The lowest BCUT2D eigenvalue weighted by molar-refractivity contribution is -0.125. The number of piperidine rings is 1. The molecular formula is C22H32ClN3O3. The monoisotopic (exact) mass is 421 g/mol. The molecule has 2 heterocycles. The number of ether oxygens (including phenoxy) is 1. The van der Waals surface area contributed by atoms with E-state index in [1.807, 2.05) is 0 Å². The van der Waals surface area contributed by atoms with Crippen LogP contribution in [-0.2, 0) is 9.59 Å². The van der Waals surface area contributed by atoms with Crippen molar-refractivity contribution in [1.29, 1.82) is 0 Å². The Hall–Kier alpha value is -1.79. The molecular weight excluding hydrogens is 390 g/mol. The van der Waals surface area contributed by atoms with Crippen LogP contribution in [0.4, 0.5) is 5.69 Å². The van der Waals surface area contributed by atoms with Gasteiger partial charge in [0, 0.05) is 37.0 Å². The quantitative estimate of drug-likeness (QED) is 0.651. The van der Waals surface area contributed by atoms with Crippen molar-refractivity contribution in [1.82, 2.24) is 10.2 Å². The molecule has 0 saturated carbocycles. The Morgan fingerprint density at radius 3 is 2.93 bits per heavy atom. The number of amides is 2. The highest BCUT2D eigenvalue weighted by Crippen LogP contribution is 2.34. The molecule has 29 heavy (non-hydrogen) atoms. The molecule has 1 fully saturated rings. The summed E-state index contributed by atoms with van der Waals surface area (Å²) in [5, 5.41) is 3.52. The van der Waals surface area contributed by atoms with Gasteiger partial charge in [-0.05, 0) is 50.4 Å². The first-order valence-corrected chi connectivity index (χ1v) is 11.2. The second-order valence-electron chi connectivity index (χ2n) is 7.80. The number of carbonyl (C=O) groups is 2. The molecule has 1 atom stereocenters. The second-order valence-corrected chi connectivity index (χ2v) is 8.24. The molecule has 7 heteroatoms. The van der Waals surface area contributed by atoms with Crippen LogP contribution in [0.2, 0.25) is 5.02 Å². The van der Waals surface area contributed by atoms with Gasteiger partial charge >= 0.3 is 0 Å². The molecule has 0 spiro atoms. The third-order valence-corrected chi connectivity index (χ3v) is 6.05. The minimum Gasteiger partial charge on any atom is -0.490 e. The Balaban J connectivity index is 1.38. The second kappa shape index (κ2) is 10.8. The number of fused-ring (bicyclic) bond motifs is 1. The average Bonchev–Trinajstić information content (AvgIpc) is 2.74. The van der Waals surface area contributed by atoms with Gasteiger partial charge in [-0.1, -0.05) is 24.9 Å². The predicted molar refractivity (Wildman–Crippen MR) is 116 cm³/mol. The summed E-state index contributed by atoms with van der Waals surface area (Å²) in [6.45, 7) is 6.04. The molecule has 0 aromatic heterocycles. The fraction of sp³-hybridized carbons (Fsp3) is 0.636. The minimum absolute atomic E-state index is 0.0661. The summed E-state index contributed by atoms with van der Waals surface area (Å²) in [6, 6.07) is 5.95. The molecule has 1 aromatic carbocycles. The first kappa shape index (κ1) is 21.9. The molecule has 6 nitrogen and oxygen atoms in total. The van der Waals surface area contributed by atoms with Crippen LogP contribution in [0.5, 0.6) is 5.75 Å². The Kier molecular flexibility index (Phi) is 8.19. The molecule has 3 rings (SSSR count). The number of hydrogen-bond acceptors (Lipinski definition) is 4. The van der Waals surface area contributed by atoms with Gasteiger partial charge in [0.1, 0.15) is 12.4 Å². The normalized spacial score (nSPS) is 19.4. The standard InChI is InChI=1S/C22H32ClN3O3/c1-2-18-6-3-4-12-25(18)13-5-11-24-21(27)9-10-22(28)26-14-15-29-20-8-7-17(23)16-19(20)26/h7-8,16,18H,2-6,9-15H2,1H3,(H,24,27). The molecule has 0 radical (unpaired) electrons. The van der Waals surface area contributed by atoms with Gasteiger partial charge in [-0.25, -0.2) is 0 Å². The van der Waals surface area contributed by atoms with E-state index in [1.54, 1.807) is 23.1 Å². The third kappa shape index (κ3) is 6.09. The predicted octanol–water partition coefficient (Wildman–Crippen LogP) is 3.62. The van der Waals surface area contributed by atoms with Gasteiger partial charge in [0.2, 0.25) is 11.8 Å². The largest absolute Gasteiger partial charge is 0.490 e. The van der Waals surface area contributed by atoms with Crippen LogP contribution in [0.1, 0.15) is 51.9 Å². The van der Waals surface area contributed by atoms with Crippen molar-refractivity contribution < 1.29 is 14.3 Å². The highest BCUT2D eigenvalue weighted by molar-refractivity contribution is 6.31. The van der Waals surface area contributed by atoms with Gasteiger partial charge in [-0.2, -0.15) is 0 Å². The average molecular weight is 422 g/mol. The number of halogens is 1. The first-order chi connectivity index (χ1) is 14.1. The number of rotatable bonds is 8. The Morgan fingerprint density at radius 2 is 2.10 bits per heavy atom. The van der Waals surface area contributed by atoms with Crippen LogP contribution >= 0.6 is 11.6 Å². The molecule has 1 aromatic rings. The lowest BCUT2D eigenvalue weighted by atomic mass is 10.00. The van der Waals surface area contributed by atoms with E-state index in [4.69, 9.17) is 16.3 Å². The maximum Gasteiger partial charge on any atom is 0.227 e. The van der Waals surface area contributed by atoms with E-state index in [0.717, 1.165) is 13.0 Å². The van der Waals surface area contributed by atoms with Crippen molar-refractivity contribution in [3.63, 3.8) is 0 Å². The molecule has 1 N–H and O–H groups in total. The number of hydrogen-bond donors (Lipinski definition) is 1.